The van der Waals surface area contributed by atoms with Crippen molar-refractivity contribution in [2.24, 2.45) is 0 Å². The Morgan fingerprint density at radius 3 is 1.02 bits per heavy atom. The minimum atomic E-state index is -2.97. The molecular weight excluding hydrogens is 1240 g/mol. The van der Waals surface area contributed by atoms with Crippen LogP contribution in [0.1, 0.15) is 376 Å². The average Bonchev–Trinajstić information content (AvgIpc) is 0.749. The highest BCUT2D eigenvalue weighted by molar-refractivity contribution is 6.99. The summed E-state index contributed by atoms with van der Waals surface area (Å²) in [5.41, 5.74) is 2.37. The van der Waals surface area contributed by atoms with Gasteiger partial charge in [-0.3, -0.25) is 4.79 Å². The quantitative estimate of drug-likeness (QED) is 0.0345. The van der Waals surface area contributed by atoms with Gasteiger partial charge in [0.25, 0.3) is 14.2 Å². The van der Waals surface area contributed by atoms with Gasteiger partial charge in [-0.2, -0.15) is 0 Å². The Kier molecular flexibility index (Phi) is 46.2. The van der Waals surface area contributed by atoms with Gasteiger partial charge in [0.15, 0.2) is 11.5 Å². The zero-order chi connectivity index (χ0) is 70.5. The highest BCUT2D eigenvalue weighted by atomic mass is 28.4. The molecule has 0 atom stereocenters. The van der Waals surface area contributed by atoms with Gasteiger partial charge >= 0.3 is 5.97 Å². The Balaban J connectivity index is 1.24. The first-order valence-electron chi connectivity index (χ1n) is 41.8. The summed E-state index contributed by atoms with van der Waals surface area (Å²) in [6.45, 7) is 17.7. The molecule has 0 radical (unpaired) electrons. The smallest absolute Gasteiger partial charge is 0.336 e. The third-order valence-corrected chi connectivity index (χ3v) is 26.1. The van der Waals surface area contributed by atoms with E-state index in [1.165, 1.54) is 270 Å². The molecule has 1 aliphatic heterocycles. The summed E-state index contributed by atoms with van der Waals surface area (Å²) in [6.07, 6.45) is 63.4. The third kappa shape index (κ3) is 34.4. The van der Waals surface area contributed by atoms with Crippen LogP contribution < -0.4 is 29.5 Å². The van der Waals surface area contributed by atoms with Gasteiger partial charge in [-0.05, 0) is 70.6 Å². The number of aromatic carboxylic acids is 1. The second kappa shape index (κ2) is 53.9. The maximum Gasteiger partial charge on any atom is 0.336 e. The number of hydrogen-bond acceptors (Lipinski definition) is 7. The molecule has 1 saturated heterocycles. The number of carbonyl (C=O) groups excluding carboxylic acids is 1. The predicted octanol–water partition coefficient (Wildman–Crippen LogP) is 25.3. The predicted molar refractivity (Wildman–Crippen MR) is 425 cm³/mol. The molecule has 5 rings (SSSR count). The second-order valence-corrected chi connectivity index (χ2v) is 34.9. The number of carboxylic acid groups (broad SMARTS) is 1. The summed E-state index contributed by atoms with van der Waals surface area (Å²) in [4.78, 5) is 32.2. The SMILES string of the molecule is CCCCCCCCCCCCCCCCCCOc1cc(C(=O)N2CCN(c3ccc(C(=O)O)c(CO[Si](c4ccccc4)(c4ccccc4)C(C)(C)C)c3)CC2)cc(OCCCCCCCCCCCCCCCCCC)c1OCCCCCCCCCCCCCCCCCC. The van der Waals surface area contributed by atoms with Crippen molar-refractivity contribution in [3.63, 3.8) is 0 Å². The van der Waals surface area contributed by atoms with Gasteiger partial charge < -0.3 is 33.5 Å². The lowest BCUT2D eigenvalue weighted by Gasteiger charge is -2.43. The van der Waals surface area contributed by atoms with Crippen LogP contribution in [0.4, 0.5) is 5.69 Å². The molecule has 558 valence electrons. The lowest BCUT2D eigenvalue weighted by Crippen LogP contribution is -2.66. The van der Waals surface area contributed by atoms with Crippen LogP contribution in [0, 0.1) is 0 Å². The first kappa shape index (κ1) is 84.8. The van der Waals surface area contributed by atoms with E-state index in [-0.39, 0.29) is 23.1 Å². The summed E-state index contributed by atoms with van der Waals surface area (Å²) >= 11 is 0. The number of carbonyl (C=O) groups is 2. The van der Waals surface area contributed by atoms with Crippen molar-refractivity contribution in [2.75, 3.05) is 50.9 Å². The third-order valence-electron chi connectivity index (χ3n) is 21.1. The summed E-state index contributed by atoms with van der Waals surface area (Å²) in [7, 11) is -2.97. The summed E-state index contributed by atoms with van der Waals surface area (Å²) < 4.78 is 27.7. The van der Waals surface area contributed by atoms with E-state index in [9.17, 15) is 14.7 Å². The Labute approximate surface area is 608 Å². The van der Waals surface area contributed by atoms with E-state index >= 15 is 0 Å². The van der Waals surface area contributed by atoms with Crippen molar-refractivity contribution < 1.29 is 33.3 Å². The minimum Gasteiger partial charge on any atom is -0.490 e. The van der Waals surface area contributed by atoms with Crippen LogP contribution in [0.3, 0.4) is 0 Å². The largest absolute Gasteiger partial charge is 0.490 e. The van der Waals surface area contributed by atoms with Gasteiger partial charge in [-0.1, -0.05) is 391 Å². The monoisotopic (exact) mass is 1380 g/mol. The number of rotatable bonds is 62. The van der Waals surface area contributed by atoms with E-state index in [1.54, 1.807) is 6.07 Å². The topological polar surface area (TPSA) is 97.8 Å². The van der Waals surface area contributed by atoms with Crippen molar-refractivity contribution in [3.05, 3.63) is 108 Å². The molecule has 0 aliphatic carbocycles. The molecule has 1 aliphatic rings. The summed E-state index contributed by atoms with van der Waals surface area (Å²) in [6, 6.07) is 30.5. The molecule has 1 heterocycles. The lowest BCUT2D eigenvalue weighted by atomic mass is 10.0. The van der Waals surface area contributed by atoms with Gasteiger partial charge in [-0.15, -0.1) is 0 Å². The number of unbranched alkanes of at least 4 members (excludes halogenated alkanes) is 45. The number of benzene rings is 4. The van der Waals surface area contributed by atoms with E-state index in [0.29, 0.717) is 74.4 Å². The molecule has 1 amide bonds. The van der Waals surface area contributed by atoms with Crippen molar-refractivity contribution in [1.82, 2.24) is 4.90 Å². The molecule has 0 bridgehead atoms. The highest BCUT2D eigenvalue weighted by Crippen LogP contribution is 2.41. The first-order valence-corrected chi connectivity index (χ1v) is 43.7. The van der Waals surface area contributed by atoms with Crippen molar-refractivity contribution in [3.8, 4) is 17.2 Å². The van der Waals surface area contributed by atoms with Crippen LogP contribution in [0.25, 0.3) is 0 Å². The van der Waals surface area contributed by atoms with Crippen molar-refractivity contribution in [1.29, 1.82) is 0 Å². The minimum absolute atomic E-state index is 0.0425. The highest BCUT2D eigenvalue weighted by Gasteiger charge is 2.50. The van der Waals surface area contributed by atoms with Crippen LogP contribution in [0.2, 0.25) is 5.04 Å². The van der Waals surface area contributed by atoms with Gasteiger partial charge in [0.05, 0.1) is 32.0 Å². The van der Waals surface area contributed by atoms with E-state index in [2.05, 4.69) is 95.0 Å². The molecule has 4 aromatic carbocycles. The van der Waals surface area contributed by atoms with Crippen LogP contribution in [-0.4, -0.2) is 76.2 Å². The normalized spacial score (nSPS) is 12.8. The van der Waals surface area contributed by atoms with Crippen LogP contribution in [0.15, 0.2) is 91.0 Å². The number of anilines is 1. The average molecular weight is 1380 g/mol. The molecule has 9 nitrogen and oxygen atoms in total. The Morgan fingerprint density at radius 1 is 0.394 bits per heavy atom. The molecule has 10 heteroatoms. The number of carboxylic acids is 1. The van der Waals surface area contributed by atoms with Crippen LogP contribution >= 0.6 is 0 Å². The molecule has 0 spiro atoms. The van der Waals surface area contributed by atoms with Gasteiger partial charge in [0, 0.05) is 37.4 Å². The number of hydrogen-bond donors (Lipinski definition) is 1. The van der Waals surface area contributed by atoms with Crippen molar-refractivity contribution in [2.45, 2.75) is 361 Å². The van der Waals surface area contributed by atoms with Gasteiger partial charge in [0.1, 0.15) is 0 Å². The van der Waals surface area contributed by atoms with E-state index in [4.69, 9.17) is 18.6 Å². The Hall–Kier alpha value is -4.80. The molecule has 0 saturated carbocycles. The number of piperazine rings is 1. The molecule has 4 aromatic rings. The molecule has 1 N–H and O–H groups in total. The first-order chi connectivity index (χ1) is 48.5. The van der Waals surface area contributed by atoms with Crippen LogP contribution in [0.5, 0.6) is 17.2 Å². The van der Waals surface area contributed by atoms with E-state index < -0.39 is 14.3 Å². The summed E-state index contributed by atoms with van der Waals surface area (Å²) in [5, 5.41) is 12.6. The molecular formula is C89H146N2O7Si. The lowest BCUT2D eigenvalue weighted by molar-refractivity contribution is 0.0692. The second-order valence-electron chi connectivity index (χ2n) is 30.6. The van der Waals surface area contributed by atoms with Crippen molar-refractivity contribution >= 4 is 36.3 Å². The Morgan fingerprint density at radius 2 is 0.707 bits per heavy atom. The summed E-state index contributed by atoms with van der Waals surface area (Å²) in [5.74, 6) is 0.857. The number of amides is 1. The zero-order valence-electron chi connectivity index (χ0n) is 64.5. The molecule has 99 heavy (non-hydrogen) atoms. The zero-order valence-corrected chi connectivity index (χ0v) is 65.5. The molecule has 0 aromatic heterocycles. The number of nitrogens with zero attached hydrogens (tertiary/aromatic N) is 2. The van der Waals surface area contributed by atoms with E-state index in [1.807, 2.05) is 41.3 Å². The Bertz CT molecular complexity index is 2530. The fraction of sp³-hybridized carbons (Fsp3) is 0.708. The fourth-order valence-electron chi connectivity index (χ4n) is 14.9. The van der Waals surface area contributed by atoms with Gasteiger partial charge in [0.2, 0.25) is 5.75 Å². The van der Waals surface area contributed by atoms with Crippen LogP contribution in [-0.2, 0) is 11.0 Å². The molecule has 0 unspecified atom stereocenters. The number of ether oxygens (including phenoxy) is 3. The fourth-order valence-corrected chi connectivity index (χ4v) is 19.5. The maximum absolute atomic E-state index is 15.0. The van der Waals surface area contributed by atoms with Gasteiger partial charge in [-0.25, -0.2) is 4.79 Å². The standard InChI is InChI=1S/C89H146N2O7Si/c1-7-10-13-16-19-22-25-28-31-34-37-40-43-46-49-58-71-95-84-75-78(87(92)91-69-67-90(68-70-91)80-65-66-83(88(93)94)79(74-80)77-98-99(89(4,5)6,81-61-54-52-55-62-81)82-63-56-53-57-64-82)76-85(96-72-59-50-47-44-41-38-35-32-29-26-23-20-17-14-11-8-2)86(84)97-73-60-51-48-45-42-39-36-33-30-27-24-21-18-15-12-9-3/h52-57,61-66,74-76H,7-51,58-60,67-73,77H2,1-6H3,(H,93,94). The van der Waals surface area contributed by atoms with E-state index in [0.717, 1.165) is 54.6 Å². The maximum atomic E-state index is 15.0. The molecule has 1 fully saturated rings.